The van der Waals surface area contributed by atoms with Crippen molar-refractivity contribution in [3.8, 4) is 11.5 Å². The van der Waals surface area contributed by atoms with Gasteiger partial charge in [-0.3, -0.25) is 9.69 Å². The van der Waals surface area contributed by atoms with Crippen LogP contribution in [0.4, 0.5) is 0 Å². The van der Waals surface area contributed by atoms with Crippen molar-refractivity contribution in [2.45, 2.75) is 18.8 Å². The molecule has 0 bridgehead atoms. The highest BCUT2D eigenvalue weighted by molar-refractivity contribution is 5.78. The molecule has 2 aromatic rings. The fraction of sp³-hybridized carbons (Fsp3) is 0.409. The molecule has 4 rings (SSSR count). The molecule has 1 amide bonds. The lowest BCUT2D eigenvalue weighted by Gasteiger charge is -2.19. The number of fused-ring (bicyclic) bond motifs is 1. The SMILES string of the molecule is O=C(CN1CCC(c2ccccc2)C1)NCCc1ccc2c(c1)OCCO2. The zero-order valence-electron chi connectivity index (χ0n) is 15.5. The molecule has 1 saturated heterocycles. The van der Waals surface area contributed by atoms with E-state index in [2.05, 4.69) is 34.5 Å². The van der Waals surface area contributed by atoms with E-state index in [4.69, 9.17) is 9.47 Å². The molecular formula is C22H26N2O3. The topological polar surface area (TPSA) is 50.8 Å². The average Bonchev–Trinajstić information content (AvgIpc) is 3.17. The van der Waals surface area contributed by atoms with Crippen LogP contribution in [0.25, 0.3) is 0 Å². The molecule has 0 radical (unpaired) electrons. The first kappa shape index (κ1) is 17.9. The van der Waals surface area contributed by atoms with Crippen LogP contribution in [0.2, 0.25) is 0 Å². The van der Waals surface area contributed by atoms with Gasteiger partial charge in [0.1, 0.15) is 13.2 Å². The standard InChI is InChI=1S/C22H26N2O3/c25-22(16-24-11-9-19(15-24)18-4-2-1-3-5-18)23-10-8-17-6-7-20-21(14-17)27-13-12-26-20/h1-7,14,19H,8-13,15-16H2,(H,23,25). The molecule has 2 heterocycles. The first-order valence-electron chi connectivity index (χ1n) is 9.70. The molecule has 0 spiro atoms. The second kappa shape index (κ2) is 8.44. The maximum Gasteiger partial charge on any atom is 0.234 e. The minimum absolute atomic E-state index is 0.0984. The number of benzene rings is 2. The van der Waals surface area contributed by atoms with Crippen molar-refractivity contribution in [1.82, 2.24) is 10.2 Å². The van der Waals surface area contributed by atoms with E-state index in [1.54, 1.807) is 0 Å². The van der Waals surface area contributed by atoms with E-state index < -0.39 is 0 Å². The van der Waals surface area contributed by atoms with Gasteiger partial charge < -0.3 is 14.8 Å². The summed E-state index contributed by atoms with van der Waals surface area (Å²) in [5.41, 5.74) is 2.52. The zero-order valence-corrected chi connectivity index (χ0v) is 15.5. The molecule has 2 aliphatic rings. The summed E-state index contributed by atoms with van der Waals surface area (Å²) >= 11 is 0. The molecule has 2 aromatic carbocycles. The maximum atomic E-state index is 12.3. The fourth-order valence-electron chi connectivity index (χ4n) is 3.82. The molecule has 2 aliphatic heterocycles. The lowest BCUT2D eigenvalue weighted by Crippen LogP contribution is -2.36. The molecule has 0 aromatic heterocycles. The number of hydrogen-bond donors (Lipinski definition) is 1. The van der Waals surface area contributed by atoms with Crippen LogP contribution >= 0.6 is 0 Å². The molecule has 27 heavy (non-hydrogen) atoms. The van der Waals surface area contributed by atoms with Crippen molar-refractivity contribution < 1.29 is 14.3 Å². The second-order valence-electron chi connectivity index (χ2n) is 7.21. The number of carbonyl (C=O) groups excluding carboxylic acids is 1. The first-order valence-corrected chi connectivity index (χ1v) is 9.70. The minimum atomic E-state index is 0.0984. The van der Waals surface area contributed by atoms with E-state index in [-0.39, 0.29) is 5.91 Å². The van der Waals surface area contributed by atoms with E-state index in [0.717, 1.165) is 43.0 Å². The lowest BCUT2D eigenvalue weighted by molar-refractivity contribution is -0.121. The number of ether oxygens (including phenoxy) is 2. The van der Waals surface area contributed by atoms with Gasteiger partial charge in [-0.2, -0.15) is 0 Å². The predicted octanol–water partition coefficient (Wildman–Crippen LogP) is 2.61. The number of likely N-dealkylation sites (tertiary alicyclic amines) is 1. The van der Waals surface area contributed by atoms with Gasteiger partial charge in [-0.25, -0.2) is 0 Å². The molecule has 1 atom stereocenters. The number of amides is 1. The van der Waals surface area contributed by atoms with Crippen molar-refractivity contribution in [3.63, 3.8) is 0 Å². The highest BCUT2D eigenvalue weighted by Crippen LogP contribution is 2.30. The fourth-order valence-corrected chi connectivity index (χ4v) is 3.82. The Morgan fingerprint density at radius 1 is 1.07 bits per heavy atom. The van der Waals surface area contributed by atoms with Crippen LogP contribution in [-0.2, 0) is 11.2 Å². The van der Waals surface area contributed by atoms with Gasteiger partial charge in [-0.05, 0) is 48.6 Å². The molecule has 5 nitrogen and oxygen atoms in total. The molecule has 1 fully saturated rings. The molecule has 0 saturated carbocycles. The maximum absolute atomic E-state index is 12.3. The van der Waals surface area contributed by atoms with E-state index >= 15 is 0 Å². The summed E-state index contributed by atoms with van der Waals surface area (Å²) in [4.78, 5) is 14.5. The molecule has 5 heteroatoms. The summed E-state index contributed by atoms with van der Waals surface area (Å²) in [5, 5.41) is 3.04. The quantitative estimate of drug-likeness (QED) is 0.854. The molecule has 142 valence electrons. The third-order valence-corrected chi connectivity index (χ3v) is 5.25. The second-order valence-corrected chi connectivity index (χ2v) is 7.21. The Kier molecular flexibility index (Phi) is 5.58. The summed E-state index contributed by atoms with van der Waals surface area (Å²) in [5.74, 6) is 2.24. The van der Waals surface area contributed by atoms with Gasteiger partial charge in [0.25, 0.3) is 0 Å². The third-order valence-electron chi connectivity index (χ3n) is 5.25. The van der Waals surface area contributed by atoms with Crippen molar-refractivity contribution >= 4 is 5.91 Å². The number of nitrogens with one attached hydrogen (secondary N) is 1. The minimum Gasteiger partial charge on any atom is -0.486 e. The Morgan fingerprint density at radius 2 is 1.89 bits per heavy atom. The number of nitrogens with zero attached hydrogens (tertiary/aromatic N) is 1. The van der Waals surface area contributed by atoms with Crippen LogP contribution in [0.5, 0.6) is 11.5 Å². The summed E-state index contributed by atoms with van der Waals surface area (Å²) in [7, 11) is 0. The van der Waals surface area contributed by atoms with Crippen LogP contribution in [0, 0.1) is 0 Å². The highest BCUT2D eigenvalue weighted by Gasteiger charge is 2.24. The van der Waals surface area contributed by atoms with Crippen molar-refractivity contribution in [1.29, 1.82) is 0 Å². The largest absolute Gasteiger partial charge is 0.486 e. The first-order chi connectivity index (χ1) is 13.3. The number of hydrogen-bond acceptors (Lipinski definition) is 4. The Morgan fingerprint density at radius 3 is 2.74 bits per heavy atom. The Bertz CT molecular complexity index is 778. The van der Waals surface area contributed by atoms with Gasteiger partial charge in [-0.15, -0.1) is 0 Å². The van der Waals surface area contributed by atoms with Crippen LogP contribution in [0.3, 0.4) is 0 Å². The number of rotatable bonds is 6. The average molecular weight is 366 g/mol. The summed E-state index contributed by atoms with van der Waals surface area (Å²) < 4.78 is 11.1. The molecular weight excluding hydrogens is 340 g/mol. The highest BCUT2D eigenvalue weighted by atomic mass is 16.6. The zero-order chi connectivity index (χ0) is 18.5. The Labute approximate surface area is 160 Å². The van der Waals surface area contributed by atoms with Crippen LogP contribution in [0.15, 0.2) is 48.5 Å². The molecule has 0 aliphatic carbocycles. The van der Waals surface area contributed by atoms with Crippen LogP contribution < -0.4 is 14.8 Å². The predicted molar refractivity (Wildman–Crippen MR) is 104 cm³/mol. The molecule has 1 unspecified atom stereocenters. The lowest BCUT2D eigenvalue weighted by atomic mass is 9.99. The van der Waals surface area contributed by atoms with Gasteiger partial charge >= 0.3 is 0 Å². The van der Waals surface area contributed by atoms with E-state index in [0.29, 0.717) is 32.2 Å². The van der Waals surface area contributed by atoms with Crippen LogP contribution in [-0.4, -0.2) is 50.2 Å². The van der Waals surface area contributed by atoms with Gasteiger partial charge in [0.2, 0.25) is 5.91 Å². The summed E-state index contributed by atoms with van der Waals surface area (Å²) in [6, 6.07) is 16.6. The summed E-state index contributed by atoms with van der Waals surface area (Å²) in [6.07, 6.45) is 1.91. The third kappa shape index (κ3) is 4.61. The monoisotopic (exact) mass is 366 g/mol. The van der Waals surface area contributed by atoms with Gasteiger partial charge in [-0.1, -0.05) is 36.4 Å². The number of carbonyl (C=O) groups is 1. The van der Waals surface area contributed by atoms with Gasteiger partial charge in [0, 0.05) is 13.1 Å². The summed E-state index contributed by atoms with van der Waals surface area (Å²) in [6.45, 7) is 4.24. The van der Waals surface area contributed by atoms with Crippen molar-refractivity contribution in [2.75, 3.05) is 39.4 Å². The van der Waals surface area contributed by atoms with Gasteiger partial charge in [0.05, 0.1) is 6.54 Å². The van der Waals surface area contributed by atoms with E-state index in [1.165, 1.54) is 5.56 Å². The Balaban J connectivity index is 1.20. The van der Waals surface area contributed by atoms with E-state index in [9.17, 15) is 4.79 Å². The van der Waals surface area contributed by atoms with Gasteiger partial charge in [0.15, 0.2) is 11.5 Å². The van der Waals surface area contributed by atoms with Crippen molar-refractivity contribution in [2.24, 2.45) is 0 Å². The normalized spacial score (nSPS) is 19.0. The van der Waals surface area contributed by atoms with Crippen LogP contribution in [0.1, 0.15) is 23.5 Å². The van der Waals surface area contributed by atoms with Crippen molar-refractivity contribution in [3.05, 3.63) is 59.7 Å². The Hall–Kier alpha value is -2.53. The smallest absolute Gasteiger partial charge is 0.234 e. The molecule has 1 N–H and O–H groups in total. The van der Waals surface area contributed by atoms with E-state index in [1.807, 2.05) is 24.3 Å².